The Balaban J connectivity index is 1.84. The van der Waals surface area contributed by atoms with E-state index in [-0.39, 0.29) is 11.8 Å². The minimum Gasteiger partial charge on any atom is -0.464 e. The van der Waals surface area contributed by atoms with E-state index in [0.717, 1.165) is 5.56 Å². The first-order chi connectivity index (χ1) is 10.7. The molecule has 1 aromatic heterocycles. The molecule has 0 saturated heterocycles. The van der Waals surface area contributed by atoms with Crippen LogP contribution in [0.1, 0.15) is 40.1 Å². The van der Waals surface area contributed by atoms with Gasteiger partial charge in [0.05, 0.1) is 12.8 Å². The summed E-state index contributed by atoms with van der Waals surface area (Å²) in [5.74, 6) is -0.00497. The maximum Gasteiger partial charge on any atom is 0.356 e. The maximum atomic E-state index is 11.6. The van der Waals surface area contributed by atoms with Crippen LogP contribution in [0.4, 0.5) is 0 Å². The molecule has 1 aromatic carbocycles. The number of carbonyl (C=O) groups excluding carboxylic acids is 1. The molecule has 0 aliphatic carbocycles. The fourth-order valence-corrected chi connectivity index (χ4v) is 2.30. The number of methoxy groups -OCH3 is 1. The summed E-state index contributed by atoms with van der Waals surface area (Å²) in [6.07, 6.45) is 0.467. The van der Waals surface area contributed by atoms with Gasteiger partial charge in [-0.15, -0.1) is 0 Å². The Kier molecular flexibility index (Phi) is 3.82. The van der Waals surface area contributed by atoms with Crippen molar-refractivity contribution in [2.45, 2.75) is 19.4 Å². The van der Waals surface area contributed by atoms with Crippen molar-refractivity contribution in [1.29, 1.82) is 0 Å². The third-order valence-electron chi connectivity index (χ3n) is 3.37. The van der Waals surface area contributed by atoms with Crippen LogP contribution >= 0.6 is 0 Å². The summed E-state index contributed by atoms with van der Waals surface area (Å²) in [6.45, 7) is 1.72. The number of nitrogens with zero attached hydrogens (tertiary/aromatic N) is 3. The second-order valence-electron chi connectivity index (χ2n) is 4.92. The monoisotopic (exact) mass is 297 g/mol. The summed E-state index contributed by atoms with van der Waals surface area (Å²) >= 11 is 0. The Morgan fingerprint density at radius 2 is 2.05 bits per heavy atom. The lowest BCUT2D eigenvalue weighted by molar-refractivity contribution is 0.0593. The van der Waals surface area contributed by atoms with Gasteiger partial charge in [0, 0.05) is 6.42 Å². The van der Waals surface area contributed by atoms with Crippen LogP contribution in [0.25, 0.3) is 0 Å². The lowest BCUT2D eigenvalue weighted by Crippen LogP contribution is -2.11. The van der Waals surface area contributed by atoms with Gasteiger partial charge in [0.2, 0.25) is 0 Å². The standard InChI is InChI=1S/C16H15N3O3/c1-10-17-12(8-14(18-10)16(20)21-2)13-9-15(22-19-13)11-6-4-3-5-7-11/h3-8,15H,9H2,1-2H3/t15-/m0/s1. The lowest BCUT2D eigenvalue weighted by atomic mass is 10.0. The van der Waals surface area contributed by atoms with Gasteiger partial charge in [0.25, 0.3) is 0 Å². The Hall–Kier alpha value is -2.76. The molecule has 0 amide bonds. The zero-order chi connectivity index (χ0) is 15.5. The molecule has 2 aromatic rings. The normalized spacial score (nSPS) is 16.8. The fourth-order valence-electron chi connectivity index (χ4n) is 2.30. The van der Waals surface area contributed by atoms with Gasteiger partial charge in [0.1, 0.15) is 11.5 Å². The highest BCUT2D eigenvalue weighted by Crippen LogP contribution is 2.28. The molecular formula is C16H15N3O3. The number of aromatic nitrogens is 2. The number of carbonyl (C=O) groups is 1. The highest BCUT2D eigenvalue weighted by atomic mass is 16.6. The van der Waals surface area contributed by atoms with Crippen LogP contribution in [-0.4, -0.2) is 28.8 Å². The number of esters is 1. The van der Waals surface area contributed by atoms with E-state index in [1.807, 2.05) is 30.3 Å². The molecule has 3 rings (SSSR count). The molecular weight excluding hydrogens is 282 g/mol. The van der Waals surface area contributed by atoms with E-state index in [2.05, 4.69) is 15.1 Å². The SMILES string of the molecule is COC(=O)c1cc(C2=NO[C@H](c3ccccc3)C2)nc(C)n1. The van der Waals surface area contributed by atoms with Crippen LogP contribution in [0.5, 0.6) is 0 Å². The third-order valence-corrected chi connectivity index (χ3v) is 3.37. The summed E-state index contributed by atoms with van der Waals surface area (Å²) in [6, 6.07) is 11.4. The summed E-state index contributed by atoms with van der Waals surface area (Å²) in [4.78, 5) is 25.5. The quantitative estimate of drug-likeness (QED) is 0.813. The molecule has 1 aliphatic heterocycles. The van der Waals surface area contributed by atoms with Gasteiger partial charge in [0.15, 0.2) is 11.8 Å². The van der Waals surface area contributed by atoms with Gasteiger partial charge in [-0.25, -0.2) is 14.8 Å². The van der Waals surface area contributed by atoms with Crippen LogP contribution in [0, 0.1) is 6.92 Å². The predicted molar refractivity (Wildman–Crippen MR) is 79.5 cm³/mol. The zero-order valence-electron chi connectivity index (χ0n) is 12.3. The van der Waals surface area contributed by atoms with E-state index in [1.54, 1.807) is 13.0 Å². The van der Waals surface area contributed by atoms with Crippen molar-refractivity contribution in [1.82, 2.24) is 9.97 Å². The second kappa shape index (κ2) is 5.93. The first-order valence-corrected chi connectivity index (χ1v) is 6.89. The Morgan fingerprint density at radius 1 is 1.27 bits per heavy atom. The lowest BCUT2D eigenvalue weighted by Gasteiger charge is -2.07. The molecule has 0 N–H and O–H groups in total. The maximum absolute atomic E-state index is 11.6. The molecule has 0 bridgehead atoms. The van der Waals surface area contributed by atoms with Gasteiger partial charge < -0.3 is 9.57 Å². The molecule has 0 saturated carbocycles. The number of benzene rings is 1. The third kappa shape index (κ3) is 2.81. The molecule has 1 aliphatic rings. The van der Waals surface area contributed by atoms with Gasteiger partial charge in [-0.3, -0.25) is 0 Å². The summed E-state index contributed by atoms with van der Waals surface area (Å²) in [5.41, 5.74) is 2.56. The number of hydrogen-bond donors (Lipinski definition) is 0. The smallest absolute Gasteiger partial charge is 0.356 e. The van der Waals surface area contributed by atoms with E-state index < -0.39 is 5.97 Å². The van der Waals surface area contributed by atoms with Crippen molar-refractivity contribution >= 4 is 11.7 Å². The van der Waals surface area contributed by atoms with Crippen LogP contribution in [0.15, 0.2) is 41.6 Å². The predicted octanol–water partition coefficient (Wildman–Crippen LogP) is 2.44. The molecule has 22 heavy (non-hydrogen) atoms. The van der Waals surface area contributed by atoms with Gasteiger partial charge >= 0.3 is 5.97 Å². The average Bonchev–Trinajstić information content (AvgIpc) is 3.04. The van der Waals surface area contributed by atoms with Crippen molar-refractivity contribution in [2.75, 3.05) is 7.11 Å². The topological polar surface area (TPSA) is 73.7 Å². The van der Waals surface area contributed by atoms with Crippen molar-refractivity contribution in [3.05, 3.63) is 59.2 Å². The van der Waals surface area contributed by atoms with Crippen molar-refractivity contribution < 1.29 is 14.4 Å². The number of ether oxygens (including phenoxy) is 1. The Bertz CT molecular complexity index is 729. The number of oxime groups is 1. The van der Waals surface area contributed by atoms with Crippen molar-refractivity contribution in [3.8, 4) is 0 Å². The zero-order valence-corrected chi connectivity index (χ0v) is 12.3. The molecule has 0 radical (unpaired) electrons. The average molecular weight is 297 g/mol. The van der Waals surface area contributed by atoms with Crippen LogP contribution in [-0.2, 0) is 9.57 Å². The first kappa shape index (κ1) is 14.2. The number of hydrogen-bond acceptors (Lipinski definition) is 6. The van der Waals surface area contributed by atoms with E-state index in [9.17, 15) is 4.79 Å². The molecule has 1 atom stereocenters. The van der Waals surface area contributed by atoms with E-state index in [1.165, 1.54) is 7.11 Å². The van der Waals surface area contributed by atoms with Crippen LogP contribution in [0.2, 0.25) is 0 Å². The fraction of sp³-hybridized carbons (Fsp3) is 0.250. The molecule has 112 valence electrons. The molecule has 0 unspecified atom stereocenters. The van der Waals surface area contributed by atoms with Gasteiger partial charge in [-0.2, -0.15) is 0 Å². The van der Waals surface area contributed by atoms with Gasteiger partial charge in [-0.1, -0.05) is 35.5 Å². The second-order valence-corrected chi connectivity index (χ2v) is 4.92. The minimum absolute atomic E-state index is 0.131. The highest BCUT2D eigenvalue weighted by molar-refractivity contribution is 6.01. The molecule has 2 heterocycles. The van der Waals surface area contributed by atoms with Gasteiger partial charge in [-0.05, 0) is 18.6 Å². The Labute approximate surface area is 127 Å². The molecule has 0 spiro atoms. The van der Waals surface area contributed by atoms with Crippen LogP contribution < -0.4 is 0 Å². The first-order valence-electron chi connectivity index (χ1n) is 6.89. The number of aryl methyl sites for hydroxylation is 1. The molecule has 0 fully saturated rings. The molecule has 6 heteroatoms. The van der Waals surface area contributed by atoms with E-state index in [4.69, 9.17) is 9.57 Å². The van der Waals surface area contributed by atoms with Crippen molar-refractivity contribution in [2.24, 2.45) is 5.16 Å². The molecule has 6 nitrogen and oxygen atoms in total. The summed E-state index contributed by atoms with van der Waals surface area (Å²) in [5, 5.41) is 4.11. The van der Waals surface area contributed by atoms with E-state index in [0.29, 0.717) is 23.7 Å². The summed E-state index contributed by atoms with van der Waals surface area (Å²) in [7, 11) is 1.32. The Morgan fingerprint density at radius 3 is 2.77 bits per heavy atom. The largest absolute Gasteiger partial charge is 0.464 e. The number of rotatable bonds is 3. The highest BCUT2D eigenvalue weighted by Gasteiger charge is 2.25. The minimum atomic E-state index is -0.495. The van der Waals surface area contributed by atoms with E-state index >= 15 is 0 Å². The van der Waals surface area contributed by atoms with Crippen molar-refractivity contribution in [3.63, 3.8) is 0 Å². The van der Waals surface area contributed by atoms with Crippen LogP contribution in [0.3, 0.4) is 0 Å². The summed E-state index contributed by atoms with van der Waals surface area (Å²) < 4.78 is 4.70.